The van der Waals surface area contributed by atoms with Crippen LogP contribution in [0.1, 0.15) is 6.42 Å². The molecule has 0 aromatic carbocycles. The number of urea groups is 1. The maximum absolute atomic E-state index is 10.9. The molecule has 1 fully saturated rings. The van der Waals surface area contributed by atoms with Gasteiger partial charge in [-0.15, -0.1) is 11.6 Å². The standard InChI is InChI=1S/C6H8N2O4/c1-2-3-4-5(9)8(12)6(10)7(4)11/h2,4,11-12H,1,3H2. The Labute approximate surface area is 68.2 Å². The lowest BCUT2D eigenvalue weighted by Gasteiger charge is -2.10. The summed E-state index contributed by atoms with van der Waals surface area (Å²) in [6, 6.07) is -2.17. The summed E-state index contributed by atoms with van der Waals surface area (Å²) >= 11 is 0. The molecule has 1 heterocycles. The van der Waals surface area contributed by atoms with Gasteiger partial charge in [0.2, 0.25) is 0 Å². The van der Waals surface area contributed by atoms with Crippen LogP contribution in [0.25, 0.3) is 0 Å². The maximum Gasteiger partial charge on any atom is 0.375 e. The smallest absolute Gasteiger partial charge is 0.284 e. The third-order valence-electron chi connectivity index (χ3n) is 1.56. The molecule has 6 heteroatoms. The molecule has 0 aliphatic carbocycles. The average Bonchev–Trinajstić information content (AvgIpc) is 2.23. The third kappa shape index (κ3) is 1.06. The minimum absolute atomic E-state index is 0.109. The van der Waals surface area contributed by atoms with Crippen molar-refractivity contribution in [3.63, 3.8) is 0 Å². The van der Waals surface area contributed by atoms with Crippen LogP contribution >= 0.6 is 0 Å². The molecule has 6 nitrogen and oxygen atoms in total. The predicted molar refractivity (Wildman–Crippen MR) is 36.3 cm³/mol. The molecule has 1 unspecified atom stereocenters. The van der Waals surface area contributed by atoms with Gasteiger partial charge in [-0.25, -0.2) is 4.79 Å². The first-order valence-corrected chi connectivity index (χ1v) is 3.25. The van der Waals surface area contributed by atoms with Gasteiger partial charge in [0.05, 0.1) is 0 Å². The fourth-order valence-corrected chi connectivity index (χ4v) is 0.929. The average molecular weight is 172 g/mol. The second-order valence-electron chi connectivity index (χ2n) is 2.32. The van der Waals surface area contributed by atoms with Crippen LogP contribution in [0.3, 0.4) is 0 Å². The van der Waals surface area contributed by atoms with E-state index in [-0.39, 0.29) is 16.5 Å². The highest BCUT2D eigenvalue weighted by Crippen LogP contribution is 2.15. The summed E-state index contributed by atoms with van der Waals surface area (Å²) in [6.07, 6.45) is 1.48. The maximum atomic E-state index is 10.9. The van der Waals surface area contributed by atoms with Gasteiger partial charge in [-0.2, -0.15) is 5.06 Å². The Morgan fingerprint density at radius 2 is 2.08 bits per heavy atom. The van der Waals surface area contributed by atoms with Crippen molar-refractivity contribution in [3.8, 4) is 0 Å². The van der Waals surface area contributed by atoms with Crippen LogP contribution in [-0.2, 0) is 4.79 Å². The van der Waals surface area contributed by atoms with Crippen LogP contribution in [0.4, 0.5) is 4.79 Å². The van der Waals surface area contributed by atoms with Crippen molar-refractivity contribution in [2.75, 3.05) is 0 Å². The minimum atomic E-state index is -1.13. The van der Waals surface area contributed by atoms with Crippen molar-refractivity contribution in [2.24, 2.45) is 0 Å². The summed E-state index contributed by atoms with van der Waals surface area (Å²) in [5.74, 6) is -0.845. The second-order valence-corrected chi connectivity index (χ2v) is 2.32. The van der Waals surface area contributed by atoms with Crippen molar-refractivity contribution < 1.29 is 20.0 Å². The number of rotatable bonds is 2. The highest BCUT2D eigenvalue weighted by Gasteiger charge is 2.43. The zero-order valence-electron chi connectivity index (χ0n) is 6.17. The first-order chi connectivity index (χ1) is 5.59. The van der Waals surface area contributed by atoms with E-state index in [0.29, 0.717) is 0 Å². The number of hydrogen-bond donors (Lipinski definition) is 2. The van der Waals surface area contributed by atoms with Crippen molar-refractivity contribution in [2.45, 2.75) is 12.5 Å². The Bertz CT molecular complexity index is 240. The van der Waals surface area contributed by atoms with Crippen molar-refractivity contribution in [1.82, 2.24) is 10.1 Å². The first-order valence-electron chi connectivity index (χ1n) is 3.25. The number of nitrogens with zero attached hydrogens (tertiary/aromatic N) is 2. The van der Waals surface area contributed by atoms with Crippen LogP contribution in [0.15, 0.2) is 12.7 Å². The van der Waals surface area contributed by atoms with Crippen molar-refractivity contribution in [3.05, 3.63) is 12.7 Å². The van der Waals surface area contributed by atoms with Crippen LogP contribution in [0, 0.1) is 0 Å². The van der Waals surface area contributed by atoms with Crippen LogP contribution in [-0.4, -0.2) is 38.5 Å². The Balaban J connectivity index is 2.83. The monoisotopic (exact) mass is 172 g/mol. The second kappa shape index (κ2) is 2.92. The van der Waals surface area contributed by atoms with E-state index in [4.69, 9.17) is 10.4 Å². The number of hydrogen-bond acceptors (Lipinski definition) is 4. The van der Waals surface area contributed by atoms with E-state index in [2.05, 4.69) is 6.58 Å². The van der Waals surface area contributed by atoms with E-state index < -0.39 is 18.0 Å². The van der Waals surface area contributed by atoms with Gasteiger partial charge in [-0.05, 0) is 6.42 Å². The predicted octanol–water partition coefficient (Wildman–Crippen LogP) is -0.0263. The fourth-order valence-electron chi connectivity index (χ4n) is 0.929. The topological polar surface area (TPSA) is 81.1 Å². The Morgan fingerprint density at radius 1 is 1.50 bits per heavy atom. The molecule has 3 amide bonds. The summed E-state index contributed by atoms with van der Waals surface area (Å²) in [5.41, 5.74) is 0. The quantitative estimate of drug-likeness (QED) is 0.348. The molecule has 0 aromatic heterocycles. The largest absolute Gasteiger partial charge is 0.375 e. The Morgan fingerprint density at radius 3 is 2.42 bits per heavy atom. The van der Waals surface area contributed by atoms with E-state index in [1.165, 1.54) is 6.08 Å². The summed E-state index contributed by atoms with van der Waals surface area (Å²) < 4.78 is 0. The van der Waals surface area contributed by atoms with E-state index in [9.17, 15) is 9.59 Å². The van der Waals surface area contributed by atoms with E-state index in [0.717, 1.165) is 0 Å². The summed E-state index contributed by atoms with van der Waals surface area (Å²) in [4.78, 5) is 21.6. The molecule has 1 aliphatic rings. The molecular formula is C6H8N2O4. The number of carbonyl (C=O) groups excluding carboxylic acids is 2. The van der Waals surface area contributed by atoms with Gasteiger partial charge in [0.1, 0.15) is 6.04 Å². The summed E-state index contributed by atoms with van der Waals surface area (Å²) in [5, 5.41) is 17.7. The molecule has 66 valence electrons. The molecule has 0 spiro atoms. The minimum Gasteiger partial charge on any atom is -0.284 e. The molecule has 0 saturated carbocycles. The molecule has 1 atom stereocenters. The molecule has 1 aliphatic heterocycles. The van der Waals surface area contributed by atoms with Gasteiger partial charge in [-0.3, -0.25) is 15.2 Å². The zero-order valence-corrected chi connectivity index (χ0v) is 6.17. The van der Waals surface area contributed by atoms with Gasteiger partial charge < -0.3 is 0 Å². The number of carbonyl (C=O) groups is 2. The van der Waals surface area contributed by atoms with Gasteiger partial charge in [0.15, 0.2) is 0 Å². The van der Waals surface area contributed by atoms with Crippen LogP contribution < -0.4 is 0 Å². The molecule has 0 bridgehead atoms. The van der Waals surface area contributed by atoms with Crippen molar-refractivity contribution in [1.29, 1.82) is 0 Å². The molecule has 0 radical (unpaired) electrons. The van der Waals surface area contributed by atoms with Crippen molar-refractivity contribution >= 4 is 11.9 Å². The van der Waals surface area contributed by atoms with Gasteiger partial charge >= 0.3 is 6.03 Å². The first kappa shape index (κ1) is 8.69. The lowest BCUT2D eigenvalue weighted by molar-refractivity contribution is -0.149. The van der Waals surface area contributed by atoms with E-state index in [1.807, 2.05) is 0 Å². The summed E-state index contributed by atoms with van der Waals surface area (Å²) in [7, 11) is 0. The molecule has 12 heavy (non-hydrogen) atoms. The number of hydroxylamine groups is 4. The molecule has 1 rings (SSSR count). The Kier molecular flexibility index (Phi) is 2.11. The van der Waals surface area contributed by atoms with Crippen LogP contribution in [0.5, 0.6) is 0 Å². The zero-order chi connectivity index (χ0) is 9.30. The van der Waals surface area contributed by atoms with Crippen LogP contribution in [0.2, 0.25) is 0 Å². The lowest BCUT2D eigenvalue weighted by atomic mass is 10.2. The molecule has 0 aromatic rings. The van der Waals surface area contributed by atoms with E-state index in [1.54, 1.807) is 0 Å². The van der Waals surface area contributed by atoms with Gasteiger partial charge in [0.25, 0.3) is 5.91 Å². The Hall–Kier alpha value is -1.40. The van der Waals surface area contributed by atoms with Gasteiger partial charge in [0, 0.05) is 0 Å². The molecular weight excluding hydrogens is 164 g/mol. The molecule has 1 saturated heterocycles. The fraction of sp³-hybridized carbons (Fsp3) is 0.333. The summed E-state index contributed by atoms with van der Waals surface area (Å²) in [6.45, 7) is 3.34. The molecule has 2 N–H and O–H groups in total. The normalized spacial score (nSPS) is 23.7. The lowest BCUT2D eigenvalue weighted by Crippen LogP contribution is -2.31. The number of amides is 3. The highest BCUT2D eigenvalue weighted by molar-refractivity contribution is 6.02. The van der Waals surface area contributed by atoms with E-state index >= 15 is 0 Å². The van der Waals surface area contributed by atoms with Gasteiger partial charge in [-0.1, -0.05) is 6.08 Å². The number of imide groups is 1. The SMILES string of the molecule is C=CCC1C(=O)N(O)C(=O)N1O. The highest BCUT2D eigenvalue weighted by atomic mass is 16.6. The third-order valence-corrected chi connectivity index (χ3v) is 1.56.